The second-order valence-corrected chi connectivity index (χ2v) is 16.1. The number of aromatic nitrogens is 3. The molecule has 3 saturated heterocycles. The molecular weight excluding hydrogens is 696 g/mol. The van der Waals surface area contributed by atoms with Crippen molar-refractivity contribution in [1.29, 1.82) is 0 Å². The number of ether oxygens (including phenoxy) is 2. The third kappa shape index (κ3) is 6.45. The van der Waals surface area contributed by atoms with E-state index in [0.29, 0.717) is 62.6 Å². The molecule has 0 aromatic carbocycles. The number of hydrogen-bond acceptors (Lipinski definition) is 11. The number of halogens is 2. The van der Waals surface area contributed by atoms with Crippen molar-refractivity contribution in [3.8, 4) is 17.1 Å². The molecule has 0 unspecified atom stereocenters. The molecule has 15 heteroatoms. The van der Waals surface area contributed by atoms with Gasteiger partial charge >= 0.3 is 0 Å². The van der Waals surface area contributed by atoms with Gasteiger partial charge in [0.1, 0.15) is 5.69 Å². The number of rotatable bonds is 8. The standard InChI is InChI=1S/C27H35FIN7O4S2/c1-17-20(14-34-6-4-19(5-7-34)36-15-27(28,29)16-36)23-24(41-17)22(31-26(32-23)35-8-10-40-11-9-35)18-12-21(33-42(3,37)38)25(39-2)30-13-18/h12-13,19,33H,4-11,14-16H2,1-3H3. The molecule has 3 aliphatic heterocycles. The van der Waals surface area contributed by atoms with Gasteiger partial charge < -0.3 is 14.4 Å². The van der Waals surface area contributed by atoms with E-state index in [4.69, 9.17) is 19.4 Å². The van der Waals surface area contributed by atoms with Crippen molar-refractivity contribution in [3.63, 3.8) is 0 Å². The topological polar surface area (TPSA) is 113 Å². The van der Waals surface area contributed by atoms with Gasteiger partial charge in [-0.1, -0.05) is 0 Å². The Morgan fingerprint density at radius 1 is 1.21 bits per heavy atom. The summed E-state index contributed by atoms with van der Waals surface area (Å²) < 4.78 is 51.5. The molecule has 0 spiro atoms. The van der Waals surface area contributed by atoms with Gasteiger partial charge in [-0.3, -0.25) is 14.5 Å². The van der Waals surface area contributed by atoms with Gasteiger partial charge in [-0.25, -0.2) is 27.8 Å². The fourth-order valence-electron chi connectivity index (χ4n) is 5.90. The first-order chi connectivity index (χ1) is 20.0. The lowest BCUT2D eigenvalue weighted by atomic mass is 9.98. The Balaban J connectivity index is 1.34. The SMILES string of the molecule is COc1ncc(-c2nc(N3CCOCC3)nc3c(CN4CCC(N5CC(F)(I)C5)CC4)c(C)sc23)cc1NS(C)(=O)=O. The molecule has 0 saturated carbocycles. The first-order valence-electron chi connectivity index (χ1n) is 14.0. The molecule has 3 fully saturated rings. The van der Waals surface area contributed by atoms with E-state index >= 15 is 0 Å². The van der Waals surface area contributed by atoms with Crippen LogP contribution in [0.25, 0.3) is 21.5 Å². The molecule has 0 aliphatic carbocycles. The van der Waals surface area contributed by atoms with Crippen molar-refractivity contribution in [3.05, 3.63) is 22.7 Å². The maximum Gasteiger partial charge on any atom is 0.238 e. The molecule has 6 rings (SSSR count). The first-order valence-corrected chi connectivity index (χ1v) is 17.8. The Kier molecular flexibility index (Phi) is 8.52. The minimum Gasteiger partial charge on any atom is -0.480 e. The molecule has 3 aromatic rings. The van der Waals surface area contributed by atoms with Gasteiger partial charge in [0, 0.05) is 61.0 Å². The third-order valence-electron chi connectivity index (χ3n) is 8.05. The first kappa shape index (κ1) is 30.1. The van der Waals surface area contributed by atoms with Crippen LogP contribution in [-0.4, -0.2) is 109 Å². The van der Waals surface area contributed by atoms with E-state index in [9.17, 15) is 12.8 Å². The van der Waals surface area contributed by atoms with Gasteiger partial charge in [-0.05, 0) is 61.5 Å². The van der Waals surface area contributed by atoms with Gasteiger partial charge in [-0.2, -0.15) is 0 Å². The number of sulfonamides is 1. The number of piperidine rings is 1. The van der Waals surface area contributed by atoms with E-state index in [1.807, 2.05) is 22.6 Å². The minimum atomic E-state index is -3.56. The fraction of sp³-hybridized carbons (Fsp3) is 0.593. The van der Waals surface area contributed by atoms with Gasteiger partial charge in [0.25, 0.3) is 0 Å². The summed E-state index contributed by atoms with van der Waals surface area (Å²) in [4.78, 5) is 22.6. The molecule has 0 bridgehead atoms. The largest absolute Gasteiger partial charge is 0.480 e. The minimum absolute atomic E-state index is 0.184. The molecule has 42 heavy (non-hydrogen) atoms. The van der Waals surface area contributed by atoms with Crippen LogP contribution in [0.2, 0.25) is 0 Å². The second-order valence-electron chi connectivity index (χ2n) is 11.2. The summed E-state index contributed by atoms with van der Waals surface area (Å²) >= 11 is 3.57. The summed E-state index contributed by atoms with van der Waals surface area (Å²) in [6.07, 6.45) is 4.81. The molecule has 1 N–H and O–H groups in total. The van der Waals surface area contributed by atoms with E-state index in [-0.39, 0.29) is 11.6 Å². The van der Waals surface area contributed by atoms with E-state index in [2.05, 4.69) is 31.3 Å². The molecule has 0 atom stereocenters. The summed E-state index contributed by atoms with van der Waals surface area (Å²) in [7, 11) is -2.11. The van der Waals surface area contributed by atoms with E-state index in [1.165, 1.54) is 17.6 Å². The Bertz CT molecular complexity index is 1570. The quantitative estimate of drug-likeness (QED) is 0.272. The maximum atomic E-state index is 14.1. The Morgan fingerprint density at radius 2 is 1.93 bits per heavy atom. The van der Waals surface area contributed by atoms with Gasteiger partial charge in [0.05, 0.1) is 42.5 Å². The van der Waals surface area contributed by atoms with Crippen LogP contribution >= 0.6 is 33.9 Å². The summed E-state index contributed by atoms with van der Waals surface area (Å²) in [5, 5.41) is 0. The summed E-state index contributed by atoms with van der Waals surface area (Å²) in [6.45, 7) is 8.44. The van der Waals surface area contributed by atoms with E-state index < -0.39 is 13.7 Å². The highest BCUT2D eigenvalue weighted by Gasteiger charge is 2.44. The Labute approximate surface area is 263 Å². The van der Waals surface area contributed by atoms with Crippen molar-refractivity contribution in [1.82, 2.24) is 24.8 Å². The number of fused-ring (bicyclic) bond motifs is 1. The normalized spacial score (nSPS) is 20.5. The maximum absolute atomic E-state index is 14.1. The van der Waals surface area contributed by atoms with Crippen LogP contribution in [0.3, 0.4) is 0 Å². The van der Waals surface area contributed by atoms with Crippen LogP contribution in [-0.2, 0) is 21.3 Å². The number of alkyl halides is 2. The molecule has 3 aliphatic rings. The number of morpholine rings is 1. The number of nitrogens with one attached hydrogen (secondary N) is 1. The predicted octanol–water partition coefficient (Wildman–Crippen LogP) is 3.66. The number of anilines is 2. The van der Waals surface area contributed by atoms with Crippen molar-refractivity contribution in [2.45, 2.75) is 36.0 Å². The molecule has 6 heterocycles. The van der Waals surface area contributed by atoms with Gasteiger partial charge in [0.15, 0.2) is 3.68 Å². The summed E-state index contributed by atoms with van der Waals surface area (Å²) in [6, 6.07) is 2.16. The zero-order chi connectivity index (χ0) is 29.6. The highest BCUT2D eigenvalue weighted by molar-refractivity contribution is 14.1. The lowest BCUT2D eigenvalue weighted by Gasteiger charge is -2.48. The van der Waals surface area contributed by atoms with Crippen LogP contribution < -0.4 is 14.4 Å². The number of aryl methyl sites for hydroxylation is 1. The van der Waals surface area contributed by atoms with Crippen LogP contribution in [0, 0.1) is 6.92 Å². The molecule has 0 amide bonds. The monoisotopic (exact) mass is 731 g/mol. The number of nitrogens with zero attached hydrogens (tertiary/aromatic N) is 6. The number of hydrogen-bond donors (Lipinski definition) is 1. The average molecular weight is 732 g/mol. The second kappa shape index (κ2) is 11.9. The van der Waals surface area contributed by atoms with Crippen LogP contribution in [0.4, 0.5) is 16.0 Å². The lowest BCUT2D eigenvalue weighted by molar-refractivity contribution is -0.00783. The van der Waals surface area contributed by atoms with Crippen LogP contribution in [0.15, 0.2) is 12.3 Å². The van der Waals surface area contributed by atoms with Crippen molar-refractivity contribution in [2.75, 3.05) is 75.5 Å². The molecule has 11 nitrogen and oxygen atoms in total. The summed E-state index contributed by atoms with van der Waals surface area (Å²) in [5.41, 5.74) is 3.73. The highest BCUT2D eigenvalue weighted by atomic mass is 127. The predicted molar refractivity (Wildman–Crippen MR) is 171 cm³/mol. The molecule has 228 valence electrons. The van der Waals surface area contributed by atoms with Gasteiger partial charge in [-0.15, -0.1) is 11.3 Å². The smallest absolute Gasteiger partial charge is 0.238 e. The van der Waals surface area contributed by atoms with Crippen LogP contribution in [0.5, 0.6) is 5.88 Å². The number of thiophene rings is 1. The average Bonchev–Trinajstić information content (AvgIpc) is 3.25. The molecule has 3 aromatic heterocycles. The number of likely N-dealkylation sites (tertiary alicyclic amines) is 2. The number of pyridine rings is 1. The number of methoxy groups -OCH3 is 1. The fourth-order valence-corrected chi connectivity index (χ4v) is 8.44. The summed E-state index contributed by atoms with van der Waals surface area (Å²) in [5.74, 6) is 0.807. The zero-order valence-corrected chi connectivity index (χ0v) is 27.7. The van der Waals surface area contributed by atoms with Crippen LogP contribution in [0.1, 0.15) is 23.3 Å². The van der Waals surface area contributed by atoms with Crippen molar-refractivity contribution >= 4 is 65.8 Å². The van der Waals surface area contributed by atoms with E-state index in [1.54, 1.807) is 23.6 Å². The lowest BCUT2D eigenvalue weighted by Crippen LogP contribution is -2.60. The molecular formula is C27H35FIN7O4S2. The van der Waals surface area contributed by atoms with Crippen molar-refractivity contribution in [2.24, 2.45) is 0 Å². The van der Waals surface area contributed by atoms with Gasteiger partial charge in [0.2, 0.25) is 21.9 Å². The third-order valence-corrected chi connectivity index (χ3v) is 10.5. The molecule has 0 radical (unpaired) electrons. The Morgan fingerprint density at radius 3 is 2.57 bits per heavy atom. The zero-order valence-electron chi connectivity index (χ0n) is 23.9. The highest BCUT2D eigenvalue weighted by Crippen LogP contribution is 2.40. The van der Waals surface area contributed by atoms with E-state index in [0.717, 1.165) is 48.9 Å². The Hall–Kier alpha value is -1.92. The van der Waals surface area contributed by atoms with Crippen molar-refractivity contribution < 1.29 is 22.3 Å².